The number of fused-ring (bicyclic) bond motifs is 3. The van der Waals surface area contributed by atoms with E-state index in [2.05, 4.69) is 0 Å². The average molecular weight is 528 g/mol. The summed E-state index contributed by atoms with van der Waals surface area (Å²) >= 11 is 0. The normalized spacial score (nSPS) is 28.9. The van der Waals surface area contributed by atoms with Crippen molar-refractivity contribution in [2.24, 2.45) is 17.6 Å². The van der Waals surface area contributed by atoms with Gasteiger partial charge in [-0.1, -0.05) is 12.1 Å². The smallest absolute Gasteiger partial charge is 0.330 e. The van der Waals surface area contributed by atoms with Gasteiger partial charge >= 0.3 is 5.97 Å². The third-order valence-electron chi connectivity index (χ3n) is 7.18. The molecule has 0 bridgehead atoms. The number of ether oxygens (including phenoxy) is 1. The van der Waals surface area contributed by atoms with Gasteiger partial charge in [-0.3, -0.25) is 19.3 Å². The summed E-state index contributed by atoms with van der Waals surface area (Å²) in [6.45, 7) is 1.75. The zero-order valence-corrected chi connectivity index (χ0v) is 20.7. The van der Waals surface area contributed by atoms with Crippen molar-refractivity contribution < 1.29 is 49.4 Å². The molecule has 0 unspecified atom stereocenters. The molecule has 12 nitrogen and oxygen atoms in total. The number of aliphatic hydroxyl groups excluding tert-OH is 3. The predicted octanol–water partition coefficient (Wildman–Crippen LogP) is -0.479. The van der Waals surface area contributed by atoms with E-state index in [1.54, 1.807) is 6.92 Å². The summed E-state index contributed by atoms with van der Waals surface area (Å²) in [6.07, 6.45) is 1.97. The fraction of sp³-hybridized carbons (Fsp3) is 0.346. The van der Waals surface area contributed by atoms with Crippen molar-refractivity contribution in [3.8, 4) is 5.75 Å². The summed E-state index contributed by atoms with van der Waals surface area (Å²) in [5.41, 5.74) is 0.837. The number of aromatic hydroxyl groups is 1. The van der Waals surface area contributed by atoms with Gasteiger partial charge in [0.1, 0.15) is 22.8 Å². The lowest BCUT2D eigenvalue weighted by atomic mass is 9.56. The quantitative estimate of drug-likeness (QED) is 0.164. The Bertz CT molecular complexity index is 1360. The highest BCUT2D eigenvalue weighted by Crippen LogP contribution is 2.53. The maximum atomic E-state index is 13.8. The second kappa shape index (κ2) is 9.39. The molecule has 1 amide bonds. The highest BCUT2D eigenvalue weighted by Gasteiger charge is 2.67. The van der Waals surface area contributed by atoms with Crippen LogP contribution in [0.2, 0.25) is 0 Å². The largest absolute Gasteiger partial charge is 0.508 e. The van der Waals surface area contributed by atoms with E-state index in [-0.39, 0.29) is 23.3 Å². The van der Waals surface area contributed by atoms with Gasteiger partial charge in [-0.05, 0) is 32.7 Å². The van der Waals surface area contributed by atoms with E-state index in [4.69, 9.17) is 10.5 Å². The van der Waals surface area contributed by atoms with Gasteiger partial charge in [0, 0.05) is 29.6 Å². The Kier molecular flexibility index (Phi) is 6.68. The minimum atomic E-state index is -2.99. The Balaban J connectivity index is 1.92. The van der Waals surface area contributed by atoms with Crippen molar-refractivity contribution >= 4 is 35.3 Å². The molecule has 1 saturated carbocycles. The zero-order chi connectivity index (χ0) is 28.3. The van der Waals surface area contributed by atoms with E-state index in [9.17, 15) is 44.7 Å². The fourth-order valence-electron chi connectivity index (χ4n) is 5.51. The minimum absolute atomic E-state index is 0.0888. The molecule has 1 radical (unpaired) electrons. The van der Waals surface area contributed by atoms with Crippen LogP contribution in [-0.4, -0.2) is 92.3 Å². The molecule has 201 valence electrons. The standard InChI is InChI=1S/C26H27N2O10/c1-4-38-13(29)8-7-10-5-6-11-9-12-15(21(32)14(11)19(10)30)23(34)26(37)17(20(12)31)18(28(2)3)22(33)16(24(26)35)25(27)36/h5-9,12,17-18,20,30-32,35,37H,4H2,1-3H3,(H2,27,36)/b8-7+/t12-,17-,18+,20+,26+/m0/s1. The molecule has 5 atom stereocenters. The molecule has 4 rings (SSSR count). The third-order valence-corrected chi connectivity index (χ3v) is 7.18. The van der Waals surface area contributed by atoms with Crippen molar-refractivity contribution in [2.45, 2.75) is 24.7 Å². The highest BCUT2D eigenvalue weighted by atomic mass is 16.5. The number of carbonyl (C=O) groups excluding carboxylic acids is 4. The summed E-state index contributed by atoms with van der Waals surface area (Å²) in [5.74, 6) is -9.83. The number of likely N-dealkylation sites (N-methyl/N-ethyl adjacent to an activating group) is 1. The molecule has 0 saturated heterocycles. The SMILES string of the molecule is CCOC(=O)/C=C/c1ccc2c(c1O)C(O)=C1C(=O)[C@@]3(O)C(O)=C(C(N)=O)C(=O)[C@H](N(C)C)[C@H]3[C@H](O)[C@H]1[CH]2. The van der Waals surface area contributed by atoms with Crippen LogP contribution in [0, 0.1) is 18.3 Å². The van der Waals surface area contributed by atoms with Gasteiger partial charge in [-0.15, -0.1) is 0 Å². The van der Waals surface area contributed by atoms with Crippen LogP contribution < -0.4 is 5.73 Å². The Hall–Kier alpha value is -4.00. The van der Waals surface area contributed by atoms with Crippen LogP contribution in [0.4, 0.5) is 0 Å². The number of Topliss-reactive ketones (excluding diaryl/α,β-unsaturated/α-hetero) is 2. The second-order valence-corrected chi connectivity index (χ2v) is 9.48. The number of nitrogens with zero attached hydrogens (tertiary/aromatic N) is 1. The van der Waals surface area contributed by atoms with Gasteiger partial charge in [0.2, 0.25) is 5.78 Å². The van der Waals surface area contributed by atoms with Crippen LogP contribution in [0.3, 0.4) is 0 Å². The van der Waals surface area contributed by atoms with Crippen LogP contribution in [0.5, 0.6) is 5.75 Å². The van der Waals surface area contributed by atoms with E-state index >= 15 is 0 Å². The topological polar surface area (TPSA) is 208 Å². The molecule has 38 heavy (non-hydrogen) atoms. The summed E-state index contributed by atoms with van der Waals surface area (Å²) < 4.78 is 4.80. The first-order valence-corrected chi connectivity index (χ1v) is 11.7. The number of benzene rings is 1. The lowest BCUT2D eigenvalue weighted by molar-refractivity contribution is -0.167. The Labute approximate surface area is 216 Å². The van der Waals surface area contributed by atoms with Crippen molar-refractivity contribution in [1.82, 2.24) is 4.90 Å². The highest BCUT2D eigenvalue weighted by molar-refractivity contribution is 6.24. The van der Waals surface area contributed by atoms with Crippen molar-refractivity contribution in [2.75, 3.05) is 20.7 Å². The van der Waals surface area contributed by atoms with Gasteiger partial charge < -0.3 is 36.0 Å². The van der Waals surface area contributed by atoms with E-state index in [1.165, 1.54) is 43.6 Å². The van der Waals surface area contributed by atoms with E-state index in [0.29, 0.717) is 0 Å². The van der Waals surface area contributed by atoms with Crippen LogP contribution in [0.25, 0.3) is 11.8 Å². The van der Waals surface area contributed by atoms with Crippen molar-refractivity contribution in [3.05, 3.63) is 58.2 Å². The Morgan fingerprint density at radius 1 is 1.18 bits per heavy atom. The number of phenols is 1. The number of hydrogen-bond acceptors (Lipinski definition) is 11. The number of nitrogens with two attached hydrogens (primary N) is 1. The number of ketones is 2. The van der Waals surface area contributed by atoms with E-state index < -0.39 is 81.4 Å². The Morgan fingerprint density at radius 3 is 2.42 bits per heavy atom. The van der Waals surface area contributed by atoms with Gasteiger partial charge in [-0.25, -0.2) is 4.79 Å². The molecule has 1 aromatic rings. The van der Waals surface area contributed by atoms with Crippen LogP contribution in [0.15, 0.2) is 35.1 Å². The predicted molar refractivity (Wildman–Crippen MR) is 131 cm³/mol. The summed E-state index contributed by atoms with van der Waals surface area (Å²) in [5, 5.41) is 55.9. The number of primary amides is 1. The number of carbonyl (C=O) groups is 4. The molecule has 3 aliphatic carbocycles. The van der Waals surface area contributed by atoms with Gasteiger partial charge in [0.25, 0.3) is 5.91 Å². The van der Waals surface area contributed by atoms with Crippen LogP contribution in [0.1, 0.15) is 23.6 Å². The summed E-state index contributed by atoms with van der Waals surface area (Å²) in [4.78, 5) is 51.9. The van der Waals surface area contributed by atoms with Gasteiger partial charge in [0.15, 0.2) is 11.4 Å². The van der Waals surface area contributed by atoms with Gasteiger partial charge in [-0.2, -0.15) is 0 Å². The fourth-order valence-corrected chi connectivity index (χ4v) is 5.51. The number of rotatable bonds is 5. The summed E-state index contributed by atoms with van der Waals surface area (Å²) in [7, 11) is 2.85. The first-order chi connectivity index (χ1) is 17.8. The molecule has 1 aromatic carbocycles. The number of esters is 1. The molecular formula is C26H27N2O10. The van der Waals surface area contributed by atoms with Crippen molar-refractivity contribution in [1.29, 1.82) is 0 Å². The third kappa shape index (κ3) is 3.71. The second-order valence-electron chi connectivity index (χ2n) is 9.48. The first kappa shape index (κ1) is 27.0. The molecule has 12 heteroatoms. The lowest BCUT2D eigenvalue weighted by Gasteiger charge is -2.52. The first-order valence-electron chi connectivity index (χ1n) is 11.7. The Morgan fingerprint density at radius 2 is 1.84 bits per heavy atom. The molecule has 3 aliphatic rings. The number of amides is 1. The monoisotopic (exact) mass is 527 g/mol. The number of aliphatic hydroxyl groups is 4. The van der Waals surface area contributed by atoms with Crippen LogP contribution in [-0.2, 0) is 23.9 Å². The maximum absolute atomic E-state index is 13.8. The van der Waals surface area contributed by atoms with Crippen molar-refractivity contribution in [3.63, 3.8) is 0 Å². The average Bonchev–Trinajstić information content (AvgIpc) is 2.83. The minimum Gasteiger partial charge on any atom is -0.508 e. The molecular weight excluding hydrogens is 500 g/mol. The molecule has 0 aliphatic heterocycles. The molecule has 0 spiro atoms. The number of phenolic OH excluding ortho intramolecular Hbond substituents is 1. The van der Waals surface area contributed by atoms with Gasteiger partial charge in [0.05, 0.1) is 30.2 Å². The van der Waals surface area contributed by atoms with E-state index in [1.807, 2.05) is 0 Å². The molecule has 7 N–H and O–H groups in total. The van der Waals surface area contributed by atoms with Crippen LogP contribution >= 0.6 is 0 Å². The lowest BCUT2D eigenvalue weighted by Crippen LogP contribution is -2.70. The number of hydrogen-bond donors (Lipinski definition) is 6. The molecule has 1 fully saturated rings. The zero-order valence-electron chi connectivity index (χ0n) is 20.7. The molecule has 0 heterocycles. The summed E-state index contributed by atoms with van der Waals surface area (Å²) in [6, 6.07) is 1.48. The maximum Gasteiger partial charge on any atom is 0.330 e. The molecule has 0 aromatic heterocycles. The van der Waals surface area contributed by atoms with E-state index in [0.717, 1.165) is 6.08 Å².